The maximum atomic E-state index is 11.1. The van der Waals surface area contributed by atoms with Crippen LogP contribution >= 0.6 is 0 Å². The Labute approximate surface area is 65.4 Å². The van der Waals surface area contributed by atoms with Gasteiger partial charge in [-0.2, -0.15) is 5.26 Å². The zero-order valence-corrected chi connectivity index (χ0v) is 6.21. The van der Waals surface area contributed by atoms with Gasteiger partial charge >= 0.3 is 0 Å². The molecule has 11 heavy (non-hydrogen) atoms. The first-order valence-corrected chi connectivity index (χ1v) is 4.00. The molecule has 1 amide bonds. The van der Waals surface area contributed by atoms with Gasteiger partial charge in [-0.05, 0) is 31.1 Å². The van der Waals surface area contributed by atoms with E-state index in [1.54, 1.807) is 6.19 Å². The number of hydrogen-bond acceptors (Lipinski definition) is 2. The molecule has 3 nitrogen and oxygen atoms in total. The first-order chi connectivity index (χ1) is 5.31. The fraction of sp³-hybridized carbons (Fsp3) is 0.750. The Hall–Kier alpha value is -1.04. The van der Waals surface area contributed by atoms with Gasteiger partial charge in [-0.1, -0.05) is 0 Å². The molecule has 2 saturated carbocycles. The van der Waals surface area contributed by atoms with Gasteiger partial charge in [0.1, 0.15) is 0 Å². The molecule has 58 valence electrons. The summed E-state index contributed by atoms with van der Waals surface area (Å²) in [6.45, 7) is 0. The summed E-state index contributed by atoms with van der Waals surface area (Å²) in [5, 5.41) is 10.4. The molecule has 0 bridgehead atoms. The quantitative estimate of drug-likeness (QED) is 0.440. The Morgan fingerprint density at radius 2 is 2.00 bits per heavy atom. The minimum absolute atomic E-state index is 0.0697. The second kappa shape index (κ2) is 2.23. The van der Waals surface area contributed by atoms with E-state index in [9.17, 15) is 4.79 Å². The highest BCUT2D eigenvalue weighted by Gasteiger charge is 2.47. The number of fused-ring (bicyclic) bond motifs is 1. The molecular formula is C8H10N2O. The Morgan fingerprint density at radius 1 is 1.36 bits per heavy atom. The van der Waals surface area contributed by atoms with Crippen molar-refractivity contribution in [3.63, 3.8) is 0 Å². The molecule has 0 heterocycles. The Kier molecular flexibility index (Phi) is 1.35. The highest BCUT2D eigenvalue weighted by molar-refractivity contribution is 5.80. The number of carbonyl (C=O) groups is 1. The van der Waals surface area contributed by atoms with Crippen LogP contribution in [0.3, 0.4) is 0 Å². The van der Waals surface area contributed by atoms with Crippen molar-refractivity contribution >= 4 is 5.91 Å². The smallest absolute Gasteiger partial charge is 0.236 e. The van der Waals surface area contributed by atoms with Crippen molar-refractivity contribution in [1.82, 2.24) is 5.32 Å². The topological polar surface area (TPSA) is 52.9 Å². The second-order valence-electron chi connectivity index (χ2n) is 3.53. The molecule has 1 N–H and O–H groups in total. The number of nitriles is 1. The molecule has 2 rings (SSSR count). The molecule has 0 radical (unpaired) electrons. The monoisotopic (exact) mass is 150 g/mol. The average molecular weight is 150 g/mol. The molecule has 0 spiro atoms. The van der Waals surface area contributed by atoms with E-state index in [2.05, 4.69) is 5.32 Å². The van der Waals surface area contributed by atoms with Gasteiger partial charge in [0.05, 0.1) is 0 Å². The van der Waals surface area contributed by atoms with Crippen molar-refractivity contribution in [2.45, 2.75) is 19.3 Å². The zero-order chi connectivity index (χ0) is 7.84. The number of amides is 1. The third kappa shape index (κ3) is 1.09. The minimum atomic E-state index is -0.0697. The van der Waals surface area contributed by atoms with Crippen LogP contribution in [0.5, 0.6) is 0 Å². The van der Waals surface area contributed by atoms with Crippen LogP contribution in [0.4, 0.5) is 0 Å². The molecule has 0 aromatic rings. The minimum Gasteiger partial charge on any atom is -0.274 e. The molecule has 0 aliphatic heterocycles. The van der Waals surface area contributed by atoms with Crippen LogP contribution in [-0.2, 0) is 4.79 Å². The molecule has 3 heteroatoms. The average Bonchev–Trinajstić information content (AvgIpc) is 2.59. The second-order valence-corrected chi connectivity index (χ2v) is 3.53. The summed E-state index contributed by atoms with van der Waals surface area (Å²) in [4.78, 5) is 11.1. The summed E-state index contributed by atoms with van der Waals surface area (Å²) in [6, 6.07) is 0. The molecule has 2 unspecified atom stereocenters. The highest BCUT2D eigenvalue weighted by atomic mass is 16.1. The largest absolute Gasteiger partial charge is 0.274 e. The fourth-order valence-electron chi connectivity index (χ4n) is 2.09. The zero-order valence-electron chi connectivity index (χ0n) is 6.21. The summed E-state index contributed by atoms with van der Waals surface area (Å²) in [5.74, 6) is 1.69. The molecule has 2 aliphatic carbocycles. The van der Waals surface area contributed by atoms with Crippen molar-refractivity contribution in [2.24, 2.45) is 17.8 Å². The van der Waals surface area contributed by atoms with Crippen LogP contribution in [0.25, 0.3) is 0 Å². The van der Waals surface area contributed by atoms with Crippen LogP contribution in [0, 0.1) is 29.2 Å². The lowest BCUT2D eigenvalue weighted by Gasteiger charge is -2.06. The first-order valence-electron chi connectivity index (χ1n) is 4.00. The van der Waals surface area contributed by atoms with Gasteiger partial charge in [-0.25, -0.2) is 0 Å². The Bertz CT molecular complexity index is 221. The van der Waals surface area contributed by atoms with Crippen LogP contribution in [0.2, 0.25) is 0 Å². The number of hydrogen-bond donors (Lipinski definition) is 1. The SMILES string of the molecule is N#CNC(=O)C1CC2CC2C1. The molecule has 2 aliphatic rings. The highest BCUT2D eigenvalue weighted by Crippen LogP contribution is 2.54. The van der Waals surface area contributed by atoms with Gasteiger partial charge < -0.3 is 0 Å². The van der Waals surface area contributed by atoms with Gasteiger partial charge in [0.25, 0.3) is 0 Å². The number of nitrogens with zero attached hydrogens (tertiary/aromatic N) is 1. The van der Waals surface area contributed by atoms with E-state index in [0.29, 0.717) is 0 Å². The summed E-state index contributed by atoms with van der Waals surface area (Å²) < 4.78 is 0. The van der Waals surface area contributed by atoms with Gasteiger partial charge in [-0.15, -0.1) is 0 Å². The molecule has 2 fully saturated rings. The lowest BCUT2D eigenvalue weighted by Crippen LogP contribution is -2.25. The van der Waals surface area contributed by atoms with E-state index in [1.807, 2.05) is 0 Å². The Balaban J connectivity index is 1.88. The van der Waals surface area contributed by atoms with Gasteiger partial charge in [-0.3, -0.25) is 10.1 Å². The summed E-state index contributed by atoms with van der Waals surface area (Å²) in [5.41, 5.74) is 0. The van der Waals surface area contributed by atoms with Crippen LogP contribution in [0.15, 0.2) is 0 Å². The predicted molar refractivity (Wildman–Crippen MR) is 38.1 cm³/mol. The van der Waals surface area contributed by atoms with E-state index in [4.69, 9.17) is 5.26 Å². The fourth-order valence-corrected chi connectivity index (χ4v) is 2.09. The van der Waals surface area contributed by atoms with Gasteiger partial charge in [0.2, 0.25) is 5.91 Å². The van der Waals surface area contributed by atoms with Gasteiger partial charge in [0.15, 0.2) is 6.19 Å². The van der Waals surface area contributed by atoms with Crippen LogP contribution < -0.4 is 5.32 Å². The van der Waals surface area contributed by atoms with Crippen molar-refractivity contribution in [3.05, 3.63) is 0 Å². The summed E-state index contributed by atoms with van der Waals surface area (Å²) in [6.07, 6.45) is 5.01. The standard InChI is InChI=1S/C8H10N2O/c9-4-10-8(11)7-2-5-1-6(5)3-7/h5-7H,1-3H2,(H,10,11). The predicted octanol–water partition coefficient (Wildman–Crippen LogP) is 0.630. The first kappa shape index (κ1) is 6.66. The molecule has 0 aromatic heterocycles. The van der Waals surface area contributed by atoms with E-state index >= 15 is 0 Å². The van der Waals surface area contributed by atoms with Crippen molar-refractivity contribution in [2.75, 3.05) is 0 Å². The van der Waals surface area contributed by atoms with Crippen LogP contribution in [0.1, 0.15) is 19.3 Å². The molecule has 0 aromatic carbocycles. The summed E-state index contributed by atoms with van der Waals surface area (Å²) >= 11 is 0. The molecule has 2 atom stereocenters. The van der Waals surface area contributed by atoms with Crippen molar-refractivity contribution in [1.29, 1.82) is 5.26 Å². The van der Waals surface area contributed by atoms with E-state index < -0.39 is 0 Å². The third-order valence-electron chi connectivity index (χ3n) is 2.79. The van der Waals surface area contributed by atoms with Crippen molar-refractivity contribution in [3.8, 4) is 6.19 Å². The summed E-state index contributed by atoms with van der Waals surface area (Å²) in [7, 11) is 0. The van der Waals surface area contributed by atoms with E-state index in [1.165, 1.54) is 6.42 Å². The molecule has 0 saturated heterocycles. The Morgan fingerprint density at radius 3 is 2.55 bits per heavy atom. The lowest BCUT2D eigenvalue weighted by atomic mass is 10.0. The maximum absolute atomic E-state index is 11.1. The van der Waals surface area contributed by atoms with E-state index in [-0.39, 0.29) is 11.8 Å². The number of carbonyl (C=O) groups excluding carboxylic acids is 1. The van der Waals surface area contributed by atoms with E-state index in [0.717, 1.165) is 24.7 Å². The molecular weight excluding hydrogens is 140 g/mol. The van der Waals surface area contributed by atoms with Crippen molar-refractivity contribution < 1.29 is 4.79 Å². The maximum Gasteiger partial charge on any atom is 0.236 e. The van der Waals surface area contributed by atoms with Crippen LogP contribution in [-0.4, -0.2) is 5.91 Å². The normalized spacial score (nSPS) is 39.0. The third-order valence-corrected chi connectivity index (χ3v) is 2.79. The lowest BCUT2D eigenvalue weighted by molar-refractivity contribution is -0.123. The number of nitrogens with one attached hydrogen (secondary N) is 1. The van der Waals surface area contributed by atoms with Gasteiger partial charge in [0, 0.05) is 5.92 Å². The number of rotatable bonds is 1.